The van der Waals surface area contributed by atoms with Gasteiger partial charge in [0.1, 0.15) is 31.1 Å². The zero-order valence-corrected chi connectivity index (χ0v) is 20.7. The van der Waals surface area contributed by atoms with E-state index in [4.69, 9.17) is 26.9 Å². The first-order valence-electron chi connectivity index (χ1n) is 11.3. The lowest BCUT2D eigenvalue weighted by Crippen LogP contribution is -2.20. The lowest BCUT2D eigenvalue weighted by Gasteiger charge is -2.12. The number of nitrogens with two attached hydrogens (primary N) is 1. The number of hydrogen-bond acceptors (Lipinski definition) is 8. The summed E-state index contributed by atoms with van der Waals surface area (Å²) >= 11 is 6.48. The molecule has 2 heterocycles. The normalized spacial score (nSPS) is 11.9. The monoisotopic (exact) mass is 500 g/mol. The van der Waals surface area contributed by atoms with Crippen LogP contribution in [0.2, 0.25) is 5.02 Å². The maximum Gasteiger partial charge on any atom is 0.159 e. The van der Waals surface area contributed by atoms with Crippen LogP contribution in [-0.4, -0.2) is 33.3 Å². The summed E-state index contributed by atoms with van der Waals surface area (Å²) in [6.07, 6.45) is 3.23. The zero-order chi connectivity index (χ0) is 25.3. The van der Waals surface area contributed by atoms with Crippen LogP contribution in [0.25, 0.3) is 10.9 Å². The molecule has 0 spiro atoms. The van der Waals surface area contributed by atoms with E-state index in [1.165, 1.54) is 6.33 Å². The highest BCUT2D eigenvalue weighted by Crippen LogP contribution is 2.31. The Balaban J connectivity index is 1.57. The number of halogens is 1. The van der Waals surface area contributed by atoms with Gasteiger partial charge in [0.05, 0.1) is 16.2 Å². The molecule has 0 aliphatic carbocycles. The number of aromatic nitrogens is 3. The van der Waals surface area contributed by atoms with Crippen LogP contribution in [0.1, 0.15) is 25.1 Å². The van der Waals surface area contributed by atoms with Crippen LogP contribution >= 0.6 is 11.6 Å². The summed E-state index contributed by atoms with van der Waals surface area (Å²) in [5, 5.41) is 8.75. The summed E-state index contributed by atoms with van der Waals surface area (Å²) in [4.78, 5) is 18.4. The molecule has 9 heteroatoms. The summed E-state index contributed by atoms with van der Waals surface area (Å²) in [6, 6.07) is 16.7. The van der Waals surface area contributed by atoms with E-state index in [2.05, 4.69) is 37.3 Å². The van der Waals surface area contributed by atoms with E-state index < -0.39 is 0 Å². The molecule has 0 amide bonds. The SMILES string of the molecule is CC#C/C(=N\OC[C@@H](C)N)c1ccc2ncnc(Nc3ccc(OCc4ccccn4)c(Cl)c3)c2c1. The van der Waals surface area contributed by atoms with Crippen molar-refractivity contribution in [3.63, 3.8) is 0 Å². The van der Waals surface area contributed by atoms with Gasteiger partial charge in [-0.25, -0.2) is 9.97 Å². The largest absolute Gasteiger partial charge is 0.486 e. The highest BCUT2D eigenvalue weighted by molar-refractivity contribution is 6.32. The Bertz CT molecular complexity index is 1430. The molecule has 0 radical (unpaired) electrons. The molecule has 0 fully saturated rings. The highest BCUT2D eigenvalue weighted by atomic mass is 35.5. The van der Waals surface area contributed by atoms with Crippen molar-refractivity contribution < 1.29 is 9.57 Å². The van der Waals surface area contributed by atoms with Crippen LogP contribution in [0, 0.1) is 11.8 Å². The molecule has 0 bridgehead atoms. The van der Waals surface area contributed by atoms with Crippen molar-refractivity contribution in [1.82, 2.24) is 15.0 Å². The molecule has 0 aliphatic rings. The van der Waals surface area contributed by atoms with E-state index in [0.717, 1.165) is 27.8 Å². The molecule has 0 saturated carbocycles. The topological polar surface area (TPSA) is 108 Å². The van der Waals surface area contributed by atoms with Crippen molar-refractivity contribution >= 4 is 39.7 Å². The van der Waals surface area contributed by atoms with Gasteiger partial charge in [0.25, 0.3) is 0 Å². The van der Waals surface area contributed by atoms with Crippen LogP contribution in [0.15, 0.2) is 72.3 Å². The Kier molecular flexibility index (Phi) is 8.29. The van der Waals surface area contributed by atoms with E-state index >= 15 is 0 Å². The molecule has 2 aromatic heterocycles. The van der Waals surface area contributed by atoms with E-state index in [1.807, 2.05) is 49.4 Å². The fourth-order valence-electron chi connectivity index (χ4n) is 3.26. The third-order valence-corrected chi connectivity index (χ3v) is 5.24. The smallest absolute Gasteiger partial charge is 0.159 e. The van der Waals surface area contributed by atoms with Crippen molar-refractivity contribution in [3.05, 3.63) is 83.4 Å². The maximum absolute atomic E-state index is 6.48. The molecule has 0 saturated heterocycles. The molecule has 0 aliphatic heterocycles. The van der Waals surface area contributed by atoms with Crippen molar-refractivity contribution in [1.29, 1.82) is 0 Å². The van der Waals surface area contributed by atoms with Crippen LogP contribution in [-0.2, 0) is 11.4 Å². The van der Waals surface area contributed by atoms with Gasteiger partial charge in [0.15, 0.2) is 5.71 Å². The van der Waals surface area contributed by atoms with Gasteiger partial charge in [0.2, 0.25) is 0 Å². The van der Waals surface area contributed by atoms with E-state index in [1.54, 1.807) is 25.3 Å². The Hall–Kier alpha value is -4.19. The molecule has 8 nitrogen and oxygen atoms in total. The van der Waals surface area contributed by atoms with Crippen molar-refractivity contribution in [2.75, 3.05) is 11.9 Å². The van der Waals surface area contributed by atoms with E-state index in [9.17, 15) is 0 Å². The summed E-state index contributed by atoms with van der Waals surface area (Å²) < 4.78 is 5.82. The number of oxime groups is 1. The maximum atomic E-state index is 6.48. The van der Waals surface area contributed by atoms with Crippen molar-refractivity contribution in [2.45, 2.75) is 26.5 Å². The van der Waals surface area contributed by atoms with Gasteiger partial charge >= 0.3 is 0 Å². The average molecular weight is 501 g/mol. The summed E-state index contributed by atoms with van der Waals surface area (Å²) in [5.41, 5.74) is 9.34. The van der Waals surface area contributed by atoms with E-state index in [-0.39, 0.29) is 6.04 Å². The fraction of sp³-hybridized carbons (Fsp3) is 0.185. The summed E-state index contributed by atoms with van der Waals surface area (Å²) in [6.45, 7) is 4.20. The Labute approximate surface area is 214 Å². The number of anilines is 2. The molecule has 4 aromatic rings. The minimum absolute atomic E-state index is 0.135. The van der Waals surface area contributed by atoms with E-state index in [0.29, 0.717) is 35.5 Å². The first kappa shape index (κ1) is 24.9. The van der Waals surface area contributed by atoms with Gasteiger partial charge in [-0.3, -0.25) is 4.98 Å². The van der Waals surface area contributed by atoms with Gasteiger partial charge in [-0.05, 0) is 68.3 Å². The number of fused-ring (bicyclic) bond motifs is 1. The highest BCUT2D eigenvalue weighted by Gasteiger charge is 2.11. The standard InChI is InChI=1S/C27H25ClN6O2/c1-3-6-24(34-36-15-18(2)29)19-8-10-25-22(13-19)27(32-17-31-25)33-20-9-11-26(23(28)14-20)35-16-21-7-4-5-12-30-21/h4-5,7-14,17-18H,15-16,29H2,1-2H3,(H,31,32,33)/b34-24+/t18-/m1/s1. The number of hydrogen-bond donors (Lipinski definition) is 2. The predicted octanol–water partition coefficient (Wildman–Crippen LogP) is 5.09. The molecule has 36 heavy (non-hydrogen) atoms. The third kappa shape index (κ3) is 6.48. The first-order chi connectivity index (χ1) is 17.5. The van der Waals surface area contributed by atoms with Crippen LogP contribution < -0.4 is 15.8 Å². The molecular weight excluding hydrogens is 476 g/mol. The second-order valence-electron chi connectivity index (χ2n) is 7.92. The fourth-order valence-corrected chi connectivity index (χ4v) is 3.49. The third-order valence-electron chi connectivity index (χ3n) is 4.94. The van der Waals surface area contributed by atoms with Gasteiger partial charge in [-0.1, -0.05) is 28.7 Å². The minimum atomic E-state index is -0.135. The summed E-state index contributed by atoms with van der Waals surface area (Å²) in [7, 11) is 0. The summed E-state index contributed by atoms with van der Waals surface area (Å²) in [5.74, 6) is 7.03. The predicted molar refractivity (Wildman–Crippen MR) is 142 cm³/mol. The molecular formula is C27H25ClN6O2. The Morgan fingerprint density at radius 2 is 2.03 bits per heavy atom. The van der Waals surface area contributed by atoms with Crippen LogP contribution in [0.3, 0.4) is 0 Å². The number of nitrogens with zero attached hydrogens (tertiary/aromatic N) is 4. The van der Waals surface area contributed by atoms with Gasteiger partial charge in [-0.15, -0.1) is 0 Å². The van der Waals surface area contributed by atoms with Crippen LogP contribution in [0.4, 0.5) is 11.5 Å². The quantitative estimate of drug-likeness (QED) is 0.187. The van der Waals surface area contributed by atoms with Crippen molar-refractivity contribution in [3.8, 4) is 17.6 Å². The Morgan fingerprint density at radius 1 is 1.14 bits per heavy atom. The van der Waals surface area contributed by atoms with Gasteiger partial charge in [-0.2, -0.15) is 0 Å². The molecule has 4 rings (SSSR count). The molecule has 182 valence electrons. The number of benzene rings is 2. The number of pyridine rings is 1. The van der Waals surface area contributed by atoms with Crippen molar-refractivity contribution in [2.24, 2.45) is 10.9 Å². The molecule has 3 N–H and O–H groups in total. The molecule has 0 unspecified atom stereocenters. The number of ether oxygens (including phenoxy) is 1. The molecule has 1 atom stereocenters. The lowest BCUT2D eigenvalue weighted by molar-refractivity contribution is 0.134. The number of rotatable bonds is 9. The second kappa shape index (κ2) is 12.0. The number of nitrogens with one attached hydrogen (secondary N) is 1. The minimum Gasteiger partial charge on any atom is -0.486 e. The van der Waals surface area contributed by atoms with Crippen LogP contribution in [0.5, 0.6) is 5.75 Å². The van der Waals surface area contributed by atoms with Gasteiger partial charge in [0, 0.05) is 28.9 Å². The average Bonchev–Trinajstić information content (AvgIpc) is 2.88. The Morgan fingerprint density at radius 3 is 2.78 bits per heavy atom. The lowest BCUT2D eigenvalue weighted by atomic mass is 10.1. The molecule has 2 aromatic carbocycles. The first-order valence-corrected chi connectivity index (χ1v) is 11.6. The second-order valence-corrected chi connectivity index (χ2v) is 8.33. The van der Waals surface area contributed by atoms with Gasteiger partial charge < -0.3 is 20.6 Å². The zero-order valence-electron chi connectivity index (χ0n) is 19.9.